The van der Waals surface area contributed by atoms with Crippen LogP contribution in [0.4, 0.5) is 0 Å². The van der Waals surface area contributed by atoms with Gasteiger partial charge in [0.15, 0.2) is 8.32 Å². The van der Waals surface area contributed by atoms with Crippen LogP contribution in [0.25, 0.3) is 0 Å². The Kier molecular flexibility index (Phi) is 10.6. The minimum atomic E-state index is -2.08. The molecule has 1 aliphatic carbocycles. The van der Waals surface area contributed by atoms with E-state index in [4.69, 9.17) is 4.43 Å². The standard InChI is InChI=1S/C31H48N2O4Si/c1-22(16-23-10-9-11-24(17-23)18-30(36)33-27-12-7-8-13-27)32-20-29(37-38(5,6)31(2,3)4)25-14-15-28(35)26(19-25)21-34/h9-11,14-15,17,19,22,27,29,32,34-35H,7-8,12-13,16,18,20-21H2,1-6H3,(H,33,36)/t22-,29-/m1/s1. The van der Waals surface area contributed by atoms with Gasteiger partial charge in [0.1, 0.15) is 5.75 Å². The molecule has 0 saturated heterocycles. The summed E-state index contributed by atoms with van der Waals surface area (Å²) in [6, 6.07) is 14.2. The normalized spacial score (nSPS) is 16.4. The van der Waals surface area contributed by atoms with Crippen molar-refractivity contribution in [1.82, 2.24) is 10.6 Å². The van der Waals surface area contributed by atoms with Gasteiger partial charge in [0.25, 0.3) is 0 Å². The smallest absolute Gasteiger partial charge is 0.224 e. The number of nitrogens with one attached hydrogen (secondary N) is 2. The maximum atomic E-state index is 12.5. The first-order valence-corrected chi connectivity index (χ1v) is 17.0. The maximum absolute atomic E-state index is 12.5. The van der Waals surface area contributed by atoms with E-state index in [2.05, 4.69) is 63.6 Å². The maximum Gasteiger partial charge on any atom is 0.224 e. The Morgan fingerprint density at radius 2 is 1.79 bits per heavy atom. The van der Waals surface area contributed by atoms with Gasteiger partial charge >= 0.3 is 0 Å². The zero-order chi connectivity index (χ0) is 27.9. The molecule has 0 bridgehead atoms. The lowest BCUT2D eigenvalue weighted by Crippen LogP contribution is -2.44. The molecule has 1 fully saturated rings. The molecule has 0 heterocycles. The van der Waals surface area contributed by atoms with Crippen LogP contribution < -0.4 is 10.6 Å². The molecule has 1 aliphatic rings. The summed E-state index contributed by atoms with van der Waals surface area (Å²) in [5, 5.41) is 26.7. The Labute approximate surface area is 230 Å². The van der Waals surface area contributed by atoms with Crippen molar-refractivity contribution < 1.29 is 19.4 Å². The fraction of sp³-hybridized carbons (Fsp3) is 0.581. The molecule has 1 saturated carbocycles. The molecule has 2 aromatic carbocycles. The van der Waals surface area contributed by atoms with Crippen molar-refractivity contribution in [2.45, 2.75) is 109 Å². The monoisotopic (exact) mass is 540 g/mol. The number of hydrogen-bond donors (Lipinski definition) is 4. The van der Waals surface area contributed by atoms with Gasteiger partial charge in [-0.25, -0.2) is 0 Å². The van der Waals surface area contributed by atoms with E-state index in [-0.39, 0.29) is 35.4 Å². The largest absolute Gasteiger partial charge is 0.508 e. The van der Waals surface area contributed by atoms with Crippen LogP contribution in [0, 0.1) is 0 Å². The van der Waals surface area contributed by atoms with Crippen LogP contribution in [-0.4, -0.2) is 43.1 Å². The van der Waals surface area contributed by atoms with Crippen molar-refractivity contribution >= 4 is 14.2 Å². The van der Waals surface area contributed by atoms with Crippen LogP contribution in [0.5, 0.6) is 5.75 Å². The molecule has 0 aliphatic heterocycles. The van der Waals surface area contributed by atoms with E-state index in [1.807, 2.05) is 24.3 Å². The predicted octanol–water partition coefficient (Wildman–Crippen LogP) is 5.77. The van der Waals surface area contributed by atoms with Crippen molar-refractivity contribution in [1.29, 1.82) is 0 Å². The second-order valence-electron chi connectivity index (χ2n) is 12.5. The molecule has 6 nitrogen and oxygen atoms in total. The molecule has 210 valence electrons. The Morgan fingerprint density at radius 3 is 2.45 bits per heavy atom. The van der Waals surface area contributed by atoms with Gasteiger partial charge in [0, 0.05) is 24.2 Å². The Balaban J connectivity index is 1.64. The molecule has 7 heteroatoms. The Hall–Kier alpha value is -2.19. The number of aliphatic hydroxyl groups excluding tert-OH is 1. The third-order valence-corrected chi connectivity index (χ3v) is 12.6. The van der Waals surface area contributed by atoms with E-state index in [1.165, 1.54) is 18.4 Å². The number of carbonyl (C=O) groups excluding carboxylic acids is 1. The summed E-state index contributed by atoms with van der Waals surface area (Å²) >= 11 is 0. The number of phenols is 1. The molecule has 0 spiro atoms. The summed E-state index contributed by atoms with van der Waals surface area (Å²) in [7, 11) is -2.08. The van der Waals surface area contributed by atoms with E-state index < -0.39 is 8.32 Å². The molecule has 1 amide bonds. The van der Waals surface area contributed by atoms with Crippen LogP contribution >= 0.6 is 0 Å². The zero-order valence-corrected chi connectivity index (χ0v) is 25.1. The third-order valence-electron chi connectivity index (χ3n) is 8.16. The van der Waals surface area contributed by atoms with Gasteiger partial charge in [0.2, 0.25) is 5.91 Å². The quantitative estimate of drug-likeness (QED) is 0.257. The first-order chi connectivity index (χ1) is 17.9. The minimum Gasteiger partial charge on any atom is -0.508 e. The fourth-order valence-electron chi connectivity index (χ4n) is 4.83. The third kappa shape index (κ3) is 8.66. The van der Waals surface area contributed by atoms with Gasteiger partial charge in [-0.3, -0.25) is 4.79 Å². The second-order valence-corrected chi connectivity index (χ2v) is 17.2. The molecule has 2 atom stereocenters. The first kappa shape index (κ1) is 30.3. The number of carbonyl (C=O) groups is 1. The highest BCUT2D eigenvalue weighted by Crippen LogP contribution is 2.40. The highest BCUT2D eigenvalue weighted by Gasteiger charge is 2.39. The average molecular weight is 541 g/mol. The van der Waals surface area contributed by atoms with Crippen molar-refractivity contribution in [3.05, 3.63) is 64.7 Å². The van der Waals surface area contributed by atoms with E-state index in [0.717, 1.165) is 30.4 Å². The van der Waals surface area contributed by atoms with Crippen LogP contribution in [0.2, 0.25) is 18.1 Å². The highest BCUT2D eigenvalue weighted by molar-refractivity contribution is 6.74. The molecule has 3 rings (SSSR count). The number of amides is 1. The van der Waals surface area contributed by atoms with Crippen LogP contribution in [0.3, 0.4) is 0 Å². The average Bonchev–Trinajstić information content (AvgIpc) is 3.34. The first-order valence-electron chi connectivity index (χ1n) is 14.1. The van der Waals surface area contributed by atoms with Gasteiger partial charge in [-0.05, 0) is 73.1 Å². The van der Waals surface area contributed by atoms with Gasteiger partial charge < -0.3 is 25.3 Å². The summed E-state index contributed by atoms with van der Waals surface area (Å²) in [6.07, 6.45) is 5.67. The van der Waals surface area contributed by atoms with Crippen molar-refractivity contribution in [3.8, 4) is 5.75 Å². The van der Waals surface area contributed by atoms with E-state index >= 15 is 0 Å². The predicted molar refractivity (Wildman–Crippen MR) is 157 cm³/mol. The lowest BCUT2D eigenvalue weighted by Gasteiger charge is -2.40. The molecule has 0 unspecified atom stereocenters. The lowest BCUT2D eigenvalue weighted by molar-refractivity contribution is -0.121. The number of aliphatic hydroxyl groups is 1. The topological polar surface area (TPSA) is 90.8 Å². The van der Waals surface area contributed by atoms with Gasteiger partial charge in [-0.1, -0.05) is 63.9 Å². The van der Waals surface area contributed by atoms with Crippen LogP contribution in [0.15, 0.2) is 42.5 Å². The van der Waals surface area contributed by atoms with Crippen molar-refractivity contribution in [2.24, 2.45) is 0 Å². The summed E-state index contributed by atoms with van der Waals surface area (Å²) in [6.45, 7) is 13.7. The van der Waals surface area contributed by atoms with Gasteiger partial charge in [0.05, 0.1) is 19.1 Å². The Morgan fingerprint density at radius 1 is 1.11 bits per heavy atom. The number of hydrogen-bond acceptors (Lipinski definition) is 5. The molecule has 4 N–H and O–H groups in total. The van der Waals surface area contributed by atoms with Gasteiger partial charge in [-0.2, -0.15) is 0 Å². The van der Waals surface area contributed by atoms with Gasteiger partial charge in [-0.15, -0.1) is 0 Å². The SMILES string of the molecule is C[C@H](Cc1cccc(CC(=O)NC2CCCC2)c1)NC[C@@H](O[Si](C)(C)C(C)(C)C)c1ccc(O)c(CO)c1. The minimum absolute atomic E-state index is 0.0537. The van der Waals surface area contributed by atoms with Crippen LogP contribution in [0.1, 0.15) is 81.7 Å². The van der Waals surface area contributed by atoms with E-state index in [9.17, 15) is 15.0 Å². The number of rotatable bonds is 12. The summed E-state index contributed by atoms with van der Waals surface area (Å²) in [4.78, 5) is 12.5. The molecule has 0 radical (unpaired) electrons. The molecular formula is C31H48N2O4Si. The molecule has 2 aromatic rings. The summed E-state index contributed by atoms with van der Waals surface area (Å²) in [5.74, 6) is 0.211. The van der Waals surface area contributed by atoms with Crippen LogP contribution in [-0.2, 0) is 28.7 Å². The fourth-order valence-corrected chi connectivity index (χ4v) is 6.11. The lowest BCUT2D eigenvalue weighted by atomic mass is 10.0. The molecule has 0 aromatic heterocycles. The van der Waals surface area contributed by atoms with E-state index in [0.29, 0.717) is 24.6 Å². The van der Waals surface area contributed by atoms with Crippen molar-refractivity contribution in [2.75, 3.05) is 6.54 Å². The molecule has 38 heavy (non-hydrogen) atoms. The summed E-state index contributed by atoms with van der Waals surface area (Å²) < 4.78 is 6.81. The number of benzene rings is 2. The highest BCUT2D eigenvalue weighted by atomic mass is 28.4. The Bertz CT molecular complexity index is 1060. The zero-order valence-electron chi connectivity index (χ0n) is 24.1. The van der Waals surface area contributed by atoms with Crippen molar-refractivity contribution in [3.63, 3.8) is 0 Å². The number of aromatic hydroxyl groups is 1. The second kappa shape index (κ2) is 13.2. The summed E-state index contributed by atoms with van der Waals surface area (Å²) in [5.41, 5.74) is 3.70. The van der Waals surface area contributed by atoms with E-state index in [1.54, 1.807) is 6.07 Å². The molecular weight excluding hydrogens is 492 g/mol.